The van der Waals surface area contributed by atoms with E-state index in [1.165, 1.54) is 30.4 Å². The Hall–Kier alpha value is -0.980. The Balaban J connectivity index is 2.21. The lowest BCUT2D eigenvalue weighted by Crippen LogP contribution is -2.04. The summed E-state index contributed by atoms with van der Waals surface area (Å²) < 4.78 is 0. The predicted molar refractivity (Wildman–Crippen MR) is 51.5 cm³/mol. The monoisotopic (exact) mass is 161 g/mol. The van der Waals surface area contributed by atoms with Gasteiger partial charge in [-0.2, -0.15) is 0 Å². The molecular weight excluding hydrogens is 146 g/mol. The smallest absolute Gasteiger partial charge is 0.0322 e. The molecule has 0 fully saturated rings. The van der Waals surface area contributed by atoms with E-state index in [0.717, 1.165) is 11.6 Å². The zero-order valence-electron chi connectivity index (χ0n) is 7.51. The third-order valence-electron chi connectivity index (χ3n) is 2.79. The van der Waals surface area contributed by atoms with Crippen molar-refractivity contribution in [2.24, 2.45) is 11.7 Å². The lowest BCUT2D eigenvalue weighted by Gasteiger charge is -2.19. The van der Waals surface area contributed by atoms with Crippen molar-refractivity contribution in [3.8, 4) is 0 Å². The van der Waals surface area contributed by atoms with E-state index in [1.807, 2.05) is 0 Å². The average Bonchev–Trinajstić information content (AvgIpc) is 2.43. The molecule has 2 N–H and O–H groups in total. The van der Waals surface area contributed by atoms with Crippen LogP contribution in [0.25, 0.3) is 0 Å². The summed E-state index contributed by atoms with van der Waals surface area (Å²) in [7, 11) is 0. The van der Waals surface area contributed by atoms with Crippen molar-refractivity contribution >= 4 is 0 Å². The van der Waals surface area contributed by atoms with Crippen molar-refractivity contribution in [2.75, 3.05) is 0 Å². The third-order valence-corrected chi connectivity index (χ3v) is 2.79. The quantitative estimate of drug-likeness (QED) is 0.628. The van der Waals surface area contributed by atoms with Gasteiger partial charge in [0.25, 0.3) is 0 Å². The van der Waals surface area contributed by atoms with Gasteiger partial charge in [-0.3, -0.25) is 0 Å². The van der Waals surface area contributed by atoms with Crippen LogP contribution in [-0.4, -0.2) is 0 Å². The molecule has 2 aliphatic rings. The Kier molecular flexibility index (Phi) is 1.80. The number of nitrogens with two attached hydrogens (primary N) is 1. The first kappa shape index (κ1) is 7.66. The summed E-state index contributed by atoms with van der Waals surface area (Å²) in [5, 5.41) is 0. The van der Waals surface area contributed by atoms with Crippen LogP contribution in [0.3, 0.4) is 0 Å². The second-order valence-corrected chi connectivity index (χ2v) is 3.69. The predicted octanol–water partition coefficient (Wildman–Crippen LogP) is 2.52. The van der Waals surface area contributed by atoms with Crippen LogP contribution >= 0.6 is 0 Å². The largest absolute Gasteiger partial charge is 0.399 e. The highest BCUT2D eigenvalue weighted by atomic mass is 14.6. The molecule has 0 saturated heterocycles. The van der Waals surface area contributed by atoms with Crippen molar-refractivity contribution < 1.29 is 0 Å². The average molecular weight is 161 g/mol. The number of hydrogen-bond donors (Lipinski definition) is 1. The second-order valence-electron chi connectivity index (χ2n) is 3.69. The van der Waals surface area contributed by atoms with E-state index in [0.29, 0.717) is 0 Å². The van der Waals surface area contributed by atoms with Crippen molar-refractivity contribution in [3.63, 3.8) is 0 Å². The molecule has 2 rings (SSSR count). The highest BCUT2D eigenvalue weighted by molar-refractivity contribution is 5.53. The fourth-order valence-corrected chi connectivity index (χ4v) is 1.96. The Morgan fingerprint density at radius 2 is 2.33 bits per heavy atom. The Morgan fingerprint density at radius 1 is 1.50 bits per heavy atom. The molecule has 1 atom stereocenters. The summed E-state index contributed by atoms with van der Waals surface area (Å²) in [6.07, 6.45) is 10.3. The van der Waals surface area contributed by atoms with Gasteiger partial charge in [0.1, 0.15) is 0 Å². The molecule has 0 amide bonds. The van der Waals surface area contributed by atoms with Crippen LogP contribution in [-0.2, 0) is 0 Å². The van der Waals surface area contributed by atoms with Crippen LogP contribution in [0.4, 0.5) is 0 Å². The van der Waals surface area contributed by atoms with Gasteiger partial charge in [0.15, 0.2) is 0 Å². The molecule has 1 nitrogen and oxygen atoms in total. The van der Waals surface area contributed by atoms with Crippen LogP contribution in [0.15, 0.2) is 35.1 Å². The lowest BCUT2D eigenvalue weighted by molar-refractivity contribution is 0.502. The van der Waals surface area contributed by atoms with E-state index in [4.69, 9.17) is 5.73 Å². The van der Waals surface area contributed by atoms with Crippen LogP contribution in [0.5, 0.6) is 0 Å². The molecule has 64 valence electrons. The minimum absolute atomic E-state index is 0.847. The number of hydrogen-bond acceptors (Lipinski definition) is 1. The summed E-state index contributed by atoms with van der Waals surface area (Å²) in [5.41, 5.74) is 9.47. The fraction of sp³-hybridized carbons (Fsp3) is 0.455. The molecule has 1 unspecified atom stereocenters. The van der Waals surface area contributed by atoms with Gasteiger partial charge in [-0.05, 0) is 42.1 Å². The van der Waals surface area contributed by atoms with Gasteiger partial charge in [-0.15, -0.1) is 0 Å². The Labute approximate surface area is 73.6 Å². The fourth-order valence-electron chi connectivity index (χ4n) is 1.96. The van der Waals surface area contributed by atoms with Crippen molar-refractivity contribution in [3.05, 3.63) is 35.1 Å². The first-order chi connectivity index (χ1) is 5.79. The van der Waals surface area contributed by atoms with E-state index < -0.39 is 0 Å². The SMILES string of the molecule is CCC1CC=C2C=C(N)C=C2C1. The van der Waals surface area contributed by atoms with Gasteiger partial charge in [-0.1, -0.05) is 19.4 Å². The normalized spacial score (nSPS) is 27.4. The first-order valence-corrected chi connectivity index (χ1v) is 4.68. The van der Waals surface area contributed by atoms with Crippen molar-refractivity contribution in [2.45, 2.75) is 26.2 Å². The molecule has 0 bridgehead atoms. The third kappa shape index (κ3) is 1.20. The van der Waals surface area contributed by atoms with Crippen molar-refractivity contribution in [1.82, 2.24) is 0 Å². The van der Waals surface area contributed by atoms with E-state index in [2.05, 4.69) is 25.2 Å². The maximum absolute atomic E-state index is 5.73. The molecule has 0 aromatic carbocycles. The topological polar surface area (TPSA) is 26.0 Å². The Bertz CT molecular complexity index is 281. The molecule has 0 saturated carbocycles. The van der Waals surface area contributed by atoms with E-state index in [-0.39, 0.29) is 0 Å². The van der Waals surface area contributed by atoms with Gasteiger partial charge in [-0.25, -0.2) is 0 Å². The van der Waals surface area contributed by atoms with Crippen LogP contribution < -0.4 is 5.73 Å². The maximum Gasteiger partial charge on any atom is 0.0322 e. The minimum atomic E-state index is 0.847. The van der Waals surface area contributed by atoms with Crippen LogP contribution in [0.1, 0.15) is 26.2 Å². The number of rotatable bonds is 1. The molecule has 0 aromatic rings. The molecule has 0 radical (unpaired) electrons. The summed E-state index contributed by atoms with van der Waals surface area (Å²) in [6, 6.07) is 0. The lowest BCUT2D eigenvalue weighted by atomic mass is 9.86. The zero-order chi connectivity index (χ0) is 8.55. The number of fused-ring (bicyclic) bond motifs is 1. The molecule has 0 heterocycles. The van der Waals surface area contributed by atoms with Gasteiger partial charge >= 0.3 is 0 Å². The molecule has 0 spiro atoms. The van der Waals surface area contributed by atoms with Gasteiger partial charge < -0.3 is 5.73 Å². The summed E-state index contributed by atoms with van der Waals surface area (Å²) >= 11 is 0. The molecule has 0 aromatic heterocycles. The maximum atomic E-state index is 5.73. The summed E-state index contributed by atoms with van der Waals surface area (Å²) in [5.74, 6) is 0.847. The second kappa shape index (κ2) is 2.81. The molecular formula is C11H15N. The first-order valence-electron chi connectivity index (χ1n) is 4.68. The zero-order valence-corrected chi connectivity index (χ0v) is 7.51. The minimum Gasteiger partial charge on any atom is -0.399 e. The summed E-state index contributed by atoms with van der Waals surface area (Å²) in [6.45, 7) is 2.26. The molecule has 2 aliphatic carbocycles. The Morgan fingerprint density at radius 3 is 3.08 bits per heavy atom. The van der Waals surface area contributed by atoms with Gasteiger partial charge in [0, 0.05) is 5.70 Å². The van der Waals surface area contributed by atoms with E-state index >= 15 is 0 Å². The van der Waals surface area contributed by atoms with Crippen LogP contribution in [0.2, 0.25) is 0 Å². The molecule has 12 heavy (non-hydrogen) atoms. The van der Waals surface area contributed by atoms with Crippen molar-refractivity contribution in [1.29, 1.82) is 0 Å². The molecule has 1 heteroatoms. The molecule has 0 aliphatic heterocycles. The van der Waals surface area contributed by atoms with Gasteiger partial charge in [0.2, 0.25) is 0 Å². The number of allylic oxidation sites excluding steroid dienone is 5. The standard InChI is InChI=1S/C11H15N/c1-2-8-3-4-9-6-11(12)7-10(9)5-8/h4,6-8H,2-3,5,12H2,1H3. The van der Waals surface area contributed by atoms with E-state index in [1.54, 1.807) is 0 Å². The van der Waals surface area contributed by atoms with Gasteiger partial charge in [0.05, 0.1) is 0 Å². The van der Waals surface area contributed by atoms with Crippen LogP contribution in [0, 0.1) is 5.92 Å². The highest BCUT2D eigenvalue weighted by Crippen LogP contribution is 2.34. The highest BCUT2D eigenvalue weighted by Gasteiger charge is 2.19. The van der Waals surface area contributed by atoms with E-state index in [9.17, 15) is 0 Å². The summed E-state index contributed by atoms with van der Waals surface area (Å²) in [4.78, 5) is 0.